The van der Waals surface area contributed by atoms with E-state index in [9.17, 15) is 9.59 Å². The number of nitrogens with one attached hydrogen (secondary N) is 1. The second-order valence-electron chi connectivity index (χ2n) is 7.93. The quantitative estimate of drug-likeness (QED) is 0.594. The highest BCUT2D eigenvalue weighted by Gasteiger charge is 2.31. The minimum atomic E-state index is -0.323. The number of carbonyl (C=O) groups is 2. The average molecular weight is 471 g/mol. The molecule has 2 aliphatic heterocycles. The summed E-state index contributed by atoms with van der Waals surface area (Å²) in [7, 11) is 0. The number of fused-ring (bicyclic) bond motifs is 2. The zero-order chi connectivity index (χ0) is 22.1. The van der Waals surface area contributed by atoms with Crippen molar-refractivity contribution in [1.29, 1.82) is 0 Å². The largest absolute Gasteiger partial charge is 0.490 e. The predicted molar refractivity (Wildman–Crippen MR) is 125 cm³/mol. The smallest absolute Gasteiger partial charge is 0.263 e. The van der Waals surface area contributed by atoms with Crippen LogP contribution < -0.4 is 14.8 Å². The van der Waals surface area contributed by atoms with Crippen molar-refractivity contribution < 1.29 is 19.1 Å². The second kappa shape index (κ2) is 9.00. The Morgan fingerprint density at radius 3 is 2.75 bits per heavy atom. The minimum Gasteiger partial charge on any atom is -0.490 e. The van der Waals surface area contributed by atoms with Crippen LogP contribution in [0, 0.1) is 0 Å². The fourth-order valence-electron chi connectivity index (χ4n) is 4.30. The monoisotopic (exact) mass is 470 g/mol. The third-order valence-electron chi connectivity index (χ3n) is 5.87. The van der Waals surface area contributed by atoms with Crippen LogP contribution in [0.3, 0.4) is 0 Å². The lowest BCUT2D eigenvalue weighted by Gasteiger charge is -2.26. The molecule has 1 atom stereocenters. The number of rotatable bonds is 4. The van der Waals surface area contributed by atoms with E-state index in [2.05, 4.69) is 5.32 Å². The Kier molecular flexibility index (Phi) is 5.93. The maximum Gasteiger partial charge on any atom is 0.263 e. The number of ether oxygens (including phenoxy) is 2. The molecule has 1 fully saturated rings. The van der Waals surface area contributed by atoms with Crippen LogP contribution in [0.15, 0.2) is 42.5 Å². The van der Waals surface area contributed by atoms with Gasteiger partial charge in [0.15, 0.2) is 11.5 Å². The summed E-state index contributed by atoms with van der Waals surface area (Å²) in [6, 6.07) is 13.5. The molecule has 1 N–H and O–H groups in total. The van der Waals surface area contributed by atoms with E-state index in [4.69, 9.17) is 21.1 Å². The highest BCUT2D eigenvalue weighted by Crippen LogP contribution is 2.38. The van der Waals surface area contributed by atoms with Gasteiger partial charge in [0.25, 0.3) is 5.91 Å². The Hall–Kier alpha value is -2.77. The summed E-state index contributed by atoms with van der Waals surface area (Å²) in [5, 5.41) is 4.04. The van der Waals surface area contributed by atoms with Crippen molar-refractivity contribution in [1.82, 2.24) is 10.2 Å². The van der Waals surface area contributed by atoms with Crippen LogP contribution in [0.2, 0.25) is 5.02 Å². The lowest BCUT2D eigenvalue weighted by molar-refractivity contribution is -0.131. The molecule has 166 valence electrons. The van der Waals surface area contributed by atoms with E-state index in [0.717, 1.165) is 46.4 Å². The van der Waals surface area contributed by atoms with Crippen molar-refractivity contribution in [3.8, 4) is 11.5 Å². The maximum atomic E-state index is 13.0. The molecular weight excluding hydrogens is 448 g/mol. The molecule has 0 radical (unpaired) electrons. The van der Waals surface area contributed by atoms with Gasteiger partial charge >= 0.3 is 0 Å². The first-order valence-corrected chi connectivity index (χ1v) is 12.0. The molecule has 1 saturated heterocycles. The molecule has 0 saturated carbocycles. The molecule has 0 spiro atoms. The summed E-state index contributed by atoms with van der Waals surface area (Å²) < 4.78 is 12.5. The van der Waals surface area contributed by atoms with Crippen molar-refractivity contribution in [3.63, 3.8) is 0 Å². The Balaban J connectivity index is 1.27. The molecule has 0 unspecified atom stereocenters. The Bertz CT molecular complexity index is 1180. The molecule has 0 aliphatic carbocycles. The molecule has 3 heterocycles. The van der Waals surface area contributed by atoms with Crippen LogP contribution in [-0.2, 0) is 4.79 Å². The Morgan fingerprint density at radius 2 is 1.91 bits per heavy atom. The standard InChI is InChI=1S/C24H23ClN2O4S/c25-22-16-5-1-2-7-20(16)32-23(22)24(29)26-14-21(28)27-10-3-6-17(27)15-8-9-18-19(13-15)31-12-4-11-30-18/h1-2,5,7-9,13,17H,3-4,6,10-12,14H2,(H,26,29)/t17-/m1/s1. The van der Waals surface area contributed by atoms with E-state index < -0.39 is 0 Å². The lowest BCUT2D eigenvalue weighted by Crippen LogP contribution is -2.39. The van der Waals surface area contributed by atoms with E-state index in [1.807, 2.05) is 47.4 Å². The SMILES string of the molecule is O=C(NCC(=O)N1CCC[C@@H]1c1ccc2c(c1)OCCCO2)c1sc2ccccc2c1Cl. The van der Waals surface area contributed by atoms with Crippen LogP contribution >= 0.6 is 22.9 Å². The summed E-state index contributed by atoms with van der Waals surface area (Å²) in [6.45, 7) is 1.86. The summed E-state index contributed by atoms with van der Waals surface area (Å²) in [6.07, 6.45) is 2.64. The number of likely N-dealkylation sites (tertiary alicyclic amines) is 1. The zero-order valence-corrected chi connectivity index (χ0v) is 19.0. The van der Waals surface area contributed by atoms with Crippen molar-refractivity contribution >= 4 is 44.8 Å². The van der Waals surface area contributed by atoms with Gasteiger partial charge in [-0.2, -0.15) is 0 Å². The summed E-state index contributed by atoms with van der Waals surface area (Å²) in [4.78, 5) is 28.0. The number of thiophene rings is 1. The minimum absolute atomic E-state index is 0.0375. The fraction of sp³-hybridized carbons (Fsp3) is 0.333. The molecule has 5 rings (SSSR count). The van der Waals surface area contributed by atoms with Gasteiger partial charge in [-0.25, -0.2) is 0 Å². The van der Waals surface area contributed by atoms with Gasteiger partial charge in [-0.05, 0) is 36.6 Å². The normalized spacial score (nSPS) is 17.9. The number of nitrogens with zero attached hydrogens (tertiary/aromatic N) is 1. The third kappa shape index (κ3) is 4.02. The van der Waals surface area contributed by atoms with Gasteiger partial charge in [0.2, 0.25) is 5.91 Å². The van der Waals surface area contributed by atoms with Gasteiger partial charge in [-0.3, -0.25) is 9.59 Å². The molecule has 32 heavy (non-hydrogen) atoms. The molecule has 2 aliphatic rings. The van der Waals surface area contributed by atoms with Gasteiger partial charge in [-0.15, -0.1) is 11.3 Å². The number of carbonyl (C=O) groups excluding carboxylic acids is 2. The van der Waals surface area contributed by atoms with Crippen molar-refractivity contribution in [3.05, 3.63) is 57.9 Å². The summed E-state index contributed by atoms with van der Waals surface area (Å²) in [5.74, 6) is 1.04. The summed E-state index contributed by atoms with van der Waals surface area (Å²) in [5.41, 5.74) is 1.03. The van der Waals surface area contributed by atoms with Crippen molar-refractivity contribution in [2.45, 2.75) is 25.3 Å². The molecule has 6 nitrogen and oxygen atoms in total. The van der Waals surface area contributed by atoms with Crippen LogP contribution in [0.4, 0.5) is 0 Å². The first-order valence-electron chi connectivity index (χ1n) is 10.8. The van der Waals surface area contributed by atoms with Gasteiger partial charge in [0, 0.05) is 23.1 Å². The molecule has 2 amide bonds. The number of halogens is 1. The van der Waals surface area contributed by atoms with Crippen molar-refractivity contribution in [2.75, 3.05) is 26.3 Å². The first kappa shape index (κ1) is 21.1. The van der Waals surface area contributed by atoms with Crippen LogP contribution in [0.1, 0.15) is 40.5 Å². The van der Waals surface area contributed by atoms with Crippen molar-refractivity contribution in [2.24, 2.45) is 0 Å². The second-order valence-corrected chi connectivity index (χ2v) is 9.36. The number of amides is 2. The van der Waals surface area contributed by atoms with E-state index >= 15 is 0 Å². The van der Waals surface area contributed by atoms with E-state index in [1.54, 1.807) is 0 Å². The zero-order valence-electron chi connectivity index (χ0n) is 17.4. The van der Waals surface area contributed by atoms with Gasteiger partial charge in [-0.1, -0.05) is 35.9 Å². The first-order chi connectivity index (χ1) is 15.6. The van der Waals surface area contributed by atoms with E-state index in [1.165, 1.54) is 11.3 Å². The topological polar surface area (TPSA) is 67.9 Å². The molecule has 0 bridgehead atoms. The summed E-state index contributed by atoms with van der Waals surface area (Å²) >= 11 is 7.73. The average Bonchev–Trinajstić information content (AvgIpc) is 3.35. The number of hydrogen-bond donors (Lipinski definition) is 1. The highest BCUT2D eigenvalue weighted by molar-refractivity contribution is 7.21. The number of benzene rings is 2. The Labute approximate surface area is 195 Å². The Morgan fingerprint density at radius 1 is 1.09 bits per heavy atom. The molecule has 1 aromatic heterocycles. The van der Waals surface area contributed by atoms with E-state index in [0.29, 0.717) is 29.7 Å². The molecular formula is C24H23ClN2O4S. The van der Waals surface area contributed by atoms with Crippen LogP contribution in [0.5, 0.6) is 11.5 Å². The van der Waals surface area contributed by atoms with Crippen LogP contribution in [0.25, 0.3) is 10.1 Å². The maximum absolute atomic E-state index is 13.0. The predicted octanol–water partition coefficient (Wildman–Crippen LogP) is 4.81. The number of hydrogen-bond acceptors (Lipinski definition) is 5. The van der Waals surface area contributed by atoms with Gasteiger partial charge in [0.1, 0.15) is 4.88 Å². The molecule has 8 heteroatoms. The third-order valence-corrected chi connectivity index (χ3v) is 7.54. The fourth-order valence-corrected chi connectivity index (χ4v) is 5.73. The highest BCUT2D eigenvalue weighted by atomic mass is 35.5. The molecule has 2 aromatic carbocycles. The van der Waals surface area contributed by atoms with Gasteiger partial charge in [0.05, 0.1) is 30.8 Å². The molecule has 3 aromatic rings. The lowest BCUT2D eigenvalue weighted by atomic mass is 10.0. The van der Waals surface area contributed by atoms with E-state index in [-0.39, 0.29) is 24.4 Å². The van der Waals surface area contributed by atoms with Gasteiger partial charge < -0.3 is 19.7 Å². The van der Waals surface area contributed by atoms with Crippen LogP contribution in [-0.4, -0.2) is 43.0 Å².